The number of nitrogens with zero attached hydrogens (tertiary/aromatic N) is 3. The summed E-state index contributed by atoms with van der Waals surface area (Å²) in [5.41, 5.74) is 1.67. The van der Waals surface area contributed by atoms with Gasteiger partial charge in [-0.3, -0.25) is 0 Å². The Bertz CT molecular complexity index is 1070. The molecule has 7 nitrogen and oxygen atoms in total. The fourth-order valence-corrected chi connectivity index (χ4v) is 2.63. The van der Waals surface area contributed by atoms with Gasteiger partial charge in [-0.05, 0) is 48.5 Å². The van der Waals surface area contributed by atoms with Crippen LogP contribution < -0.4 is 20.1 Å². The fraction of sp³-hybridized carbons (Fsp3) is 0.0455. The Morgan fingerprint density at radius 1 is 0.724 bits per heavy atom. The Morgan fingerprint density at radius 2 is 1.48 bits per heavy atom. The van der Waals surface area contributed by atoms with E-state index < -0.39 is 0 Å². The molecule has 0 atom stereocenters. The molecule has 0 amide bonds. The van der Waals surface area contributed by atoms with E-state index >= 15 is 0 Å². The van der Waals surface area contributed by atoms with E-state index in [0.29, 0.717) is 11.8 Å². The maximum absolute atomic E-state index is 5.80. The quantitative estimate of drug-likeness (QED) is 0.455. The highest BCUT2D eigenvalue weighted by molar-refractivity contribution is 5.60. The SMILES string of the molecule is COc1cccc(Nc2nncc(Nc3ccc(Oc4ccccc4)cc3)n2)c1. The van der Waals surface area contributed by atoms with E-state index in [1.165, 1.54) is 0 Å². The molecule has 2 N–H and O–H groups in total. The summed E-state index contributed by atoms with van der Waals surface area (Å²) < 4.78 is 11.0. The minimum atomic E-state index is 0.382. The van der Waals surface area contributed by atoms with Crippen molar-refractivity contribution in [3.63, 3.8) is 0 Å². The first-order valence-corrected chi connectivity index (χ1v) is 8.99. The first-order chi connectivity index (χ1) is 14.3. The lowest BCUT2D eigenvalue weighted by Gasteiger charge is -2.09. The largest absolute Gasteiger partial charge is 0.497 e. The number of hydrogen-bond donors (Lipinski definition) is 2. The normalized spacial score (nSPS) is 10.2. The second-order valence-corrected chi connectivity index (χ2v) is 6.09. The minimum Gasteiger partial charge on any atom is -0.497 e. The zero-order valence-electron chi connectivity index (χ0n) is 15.7. The van der Waals surface area contributed by atoms with Crippen molar-refractivity contribution < 1.29 is 9.47 Å². The highest BCUT2D eigenvalue weighted by Gasteiger charge is 2.04. The van der Waals surface area contributed by atoms with Gasteiger partial charge in [0.1, 0.15) is 17.2 Å². The summed E-state index contributed by atoms with van der Waals surface area (Å²) in [5.74, 6) is 3.24. The molecular weight excluding hydrogens is 366 g/mol. The van der Waals surface area contributed by atoms with E-state index in [9.17, 15) is 0 Å². The molecule has 144 valence electrons. The number of ether oxygens (including phenoxy) is 2. The van der Waals surface area contributed by atoms with Crippen LogP contribution in [0.1, 0.15) is 0 Å². The van der Waals surface area contributed by atoms with Crippen molar-refractivity contribution in [3.05, 3.63) is 85.1 Å². The summed E-state index contributed by atoms with van der Waals surface area (Å²) in [6.07, 6.45) is 1.56. The molecule has 0 spiro atoms. The predicted octanol–water partition coefficient (Wildman–Crippen LogP) is 5.16. The molecule has 0 saturated heterocycles. The van der Waals surface area contributed by atoms with Crippen molar-refractivity contribution in [2.45, 2.75) is 0 Å². The molecule has 0 radical (unpaired) electrons. The molecule has 0 aliphatic heterocycles. The van der Waals surface area contributed by atoms with Gasteiger partial charge < -0.3 is 20.1 Å². The molecule has 0 aliphatic carbocycles. The van der Waals surface area contributed by atoms with E-state index in [1.807, 2.05) is 78.9 Å². The van der Waals surface area contributed by atoms with Gasteiger partial charge in [-0.25, -0.2) is 0 Å². The van der Waals surface area contributed by atoms with Gasteiger partial charge in [0.15, 0.2) is 5.82 Å². The monoisotopic (exact) mass is 385 g/mol. The molecule has 0 aliphatic rings. The van der Waals surface area contributed by atoms with Gasteiger partial charge in [0, 0.05) is 17.4 Å². The second-order valence-electron chi connectivity index (χ2n) is 6.09. The summed E-state index contributed by atoms with van der Waals surface area (Å²) in [4.78, 5) is 4.44. The number of methoxy groups -OCH3 is 1. The van der Waals surface area contributed by atoms with Crippen molar-refractivity contribution >= 4 is 23.1 Å². The molecule has 0 fully saturated rings. The van der Waals surface area contributed by atoms with Gasteiger partial charge in [-0.2, -0.15) is 10.1 Å². The number of rotatable bonds is 7. The predicted molar refractivity (Wildman–Crippen MR) is 112 cm³/mol. The molecule has 0 unspecified atom stereocenters. The molecule has 4 rings (SSSR count). The average molecular weight is 385 g/mol. The van der Waals surface area contributed by atoms with Gasteiger partial charge in [-0.1, -0.05) is 24.3 Å². The third-order valence-corrected chi connectivity index (χ3v) is 3.99. The van der Waals surface area contributed by atoms with Crippen molar-refractivity contribution in [1.29, 1.82) is 0 Å². The van der Waals surface area contributed by atoms with Gasteiger partial charge >= 0.3 is 0 Å². The number of aromatic nitrogens is 3. The van der Waals surface area contributed by atoms with Gasteiger partial charge in [0.05, 0.1) is 13.3 Å². The Kier molecular flexibility index (Phi) is 5.48. The van der Waals surface area contributed by atoms with E-state index in [0.717, 1.165) is 28.6 Å². The molecule has 0 bridgehead atoms. The van der Waals surface area contributed by atoms with Gasteiger partial charge in [0.2, 0.25) is 5.95 Å². The Morgan fingerprint density at radius 3 is 2.28 bits per heavy atom. The lowest BCUT2D eigenvalue weighted by atomic mass is 10.3. The molecule has 7 heteroatoms. The van der Waals surface area contributed by atoms with Gasteiger partial charge in [0.25, 0.3) is 0 Å². The lowest BCUT2D eigenvalue weighted by Crippen LogP contribution is -2.02. The number of para-hydroxylation sites is 1. The number of anilines is 4. The van der Waals surface area contributed by atoms with E-state index in [-0.39, 0.29) is 0 Å². The summed E-state index contributed by atoms with van der Waals surface area (Å²) in [7, 11) is 1.62. The Balaban J connectivity index is 1.42. The van der Waals surface area contributed by atoms with Crippen LogP contribution in [0.25, 0.3) is 0 Å². The Labute approximate surface area is 168 Å². The van der Waals surface area contributed by atoms with E-state index in [1.54, 1.807) is 13.3 Å². The summed E-state index contributed by atoms with van der Waals surface area (Å²) in [6.45, 7) is 0. The van der Waals surface area contributed by atoms with Crippen LogP contribution in [-0.2, 0) is 0 Å². The number of hydrogen-bond acceptors (Lipinski definition) is 7. The van der Waals surface area contributed by atoms with Crippen LogP contribution in [0.5, 0.6) is 17.2 Å². The van der Waals surface area contributed by atoms with Crippen LogP contribution in [0.4, 0.5) is 23.1 Å². The van der Waals surface area contributed by atoms with Crippen LogP contribution in [0.2, 0.25) is 0 Å². The van der Waals surface area contributed by atoms with Crippen LogP contribution in [0.15, 0.2) is 85.1 Å². The smallest absolute Gasteiger partial charge is 0.249 e. The fourth-order valence-electron chi connectivity index (χ4n) is 2.63. The van der Waals surface area contributed by atoms with E-state index in [2.05, 4.69) is 25.8 Å². The lowest BCUT2D eigenvalue weighted by molar-refractivity contribution is 0.415. The van der Waals surface area contributed by atoms with Crippen LogP contribution >= 0.6 is 0 Å². The minimum absolute atomic E-state index is 0.382. The number of benzene rings is 3. The zero-order valence-corrected chi connectivity index (χ0v) is 15.7. The first-order valence-electron chi connectivity index (χ1n) is 8.99. The highest BCUT2D eigenvalue weighted by Crippen LogP contribution is 2.24. The molecule has 0 saturated carbocycles. The van der Waals surface area contributed by atoms with E-state index in [4.69, 9.17) is 9.47 Å². The van der Waals surface area contributed by atoms with Crippen molar-refractivity contribution in [2.75, 3.05) is 17.7 Å². The molecule has 1 heterocycles. The Hall–Kier alpha value is -4.13. The molecule has 1 aromatic heterocycles. The standard InChI is InChI=1S/C22H19N5O2/c1-28-20-9-5-6-17(14-20)25-22-26-21(15-23-27-22)24-16-10-12-19(13-11-16)29-18-7-3-2-4-8-18/h2-15H,1H3,(H2,24,25,26,27). The summed E-state index contributed by atoms with van der Waals surface area (Å²) >= 11 is 0. The van der Waals surface area contributed by atoms with Crippen LogP contribution in [0, 0.1) is 0 Å². The topological polar surface area (TPSA) is 81.2 Å². The third-order valence-electron chi connectivity index (χ3n) is 3.99. The number of nitrogens with one attached hydrogen (secondary N) is 2. The van der Waals surface area contributed by atoms with Crippen LogP contribution in [0.3, 0.4) is 0 Å². The molecule has 29 heavy (non-hydrogen) atoms. The van der Waals surface area contributed by atoms with Gasteiger partial charge in [-0.15, -0.1) is 5.10 Å². The second kappa shape index (κ2) is 8.71. The summed E-state index contributed by atoms with van der Waals surface area (Å²) in [6, 6.07) is 24.8. The van der Waals surface area contributed by atoms with Crippen molar-refractivity contribution in [2.24, 2.45) is 0 Å². The van der Waals surface area contributed by atoms with Crippen molar-refractivity contribution in [1.82, 2.24) is 15.2 Å². The van der Waals surface area contributed by atoms with Crippen molar-refractivity contribution in [3.8, 4) is 17.2 Å². The first kappa shape index (κ1) is 18.2. The third kappa shape index (κ3) is 4.98. The zero-order chi connectivity index (χ0) is 19.9. The molecule has 4 aromatic rings. The van der Waals surface area contributed by atoms with Crippen LogP contribution in [-0.4, -0.2) is 22.3 Å². The molecular formula is C22H19N5O2. The summed E-state index contributed by atoms with van der Waals surface area (Å²) in [5, 5.41) is 14.3. The average Bonchev–Trinajstić information content (AvgIpc) is 2.76. The maximum atomic E-state index is 5.80. The highest BCUT2D eigenvalue weighted by atomic mass is 16.5. The molecule has 3 aromatic carbocycles. The maximum Gasteiger partial charge on any atom is 0.249 e.